The summed E-state index contributed by atoms with van der Waals surface area (Å²) in [6.07, 6.45) is 6.33. The minimum atomic E-state index is -0.334. The molecule has 1 atom stereocenters. The molecule has 132 valence electrons. The van der Waals surface area contributed by atoms with Crippen molar-refractivity contribution in [3.8, 4) is 0 Å². The number of fused-ring (bicyclic) bond motifs is 1. The van der Waals surface area contributed by atoms with Gasteiger partial charge in [-0.2, -0.15) is 0 Å². The average molecular weight is 340 g/mol. The SMILES string of the molecule is COC(=O)C=Cc1ccc2c(c1)CCC2NCCc1c(C)noc1C. The Kier molecular flexibility index (Phi) is 5.34. The van der Waals surface area contributed by atoms with Gasteiger partial charge in [-0.1, -0.05) is 23.4 Å². The third-order valence-corrected chi connectivity index (χ3v) is 4.80. The van der Waals surface area contributed by atoms with Crippen molar-refractivity contribution in [1.29, 1.82) is 0 Å². The van der Waals surface area contributed by atoms with E-state index in [2.05, 4.69) is 27.3 Å². The highest BCUT2D eigenvalue weighted by Gasteiger charge is 2.22. The number of nitrogens with one attached hydrogen (secondary N) is 1. The molecule has 1 aromatic carbocycles. The monoisotopic (exact) mass is 340 g/mol. The number of esters is 1. The molecule has 0 saturated heterocycles. The van der Waals surface area contributed by atoms with Gasteiger partial charge in [0.25, 0.3) is 0 Å². The Morgan fingerprint density at radius 3 is 3.00 bits per heavy atom. The molecule has 1 N–H and O–H groups in total. The summed E-state index contributed by atoms with van der Waals surface area (Å²) in [5.41, 5.74) is 5.92. The molecule has 0 aliphatic heterocycles. The highest BCUT2D eigenvalue weighted by atomic mass is 16.5. The minimum absolute atomic E-state index is 0.334. The fraction of sp³-hybridized carbons (Fsp3) is 0.400. The number of carbonyl (C=O) groups excluding carboxylic acids is 1. The topological polar surface area (TPSA) is 64.4 Å². The van der Waals surface area contributed by atoms with Crippen LogP contribution in [0.3, 0.4) is 0 Å². The number of benzene rings is 1. The summed E-state index contributed by atoms with van der Waals surface area (Å²) >= 11 is 0. The van der Waals surface area contributed by atoms with Crippen LogP contribution in [0.1, 0.15) is 46.2 Å². The predicted octanol–water partition coefficient (Wildman–Crippen LogP) is 3.30. The molecule has 0 spiro atoms. The van der Waals surface area contributed by atoms with E-state index < -0.39 is 0 Å². The molecule has 1 aliphatic carbocycles. The standard InChI is InChI=1S/C20H24N2O3/c1-13-17(14(2)25-22-13)10-11-21-19-8-6-16-12-15(4-7-18(16)19)5-9-20(23)24-3/h4-5,7,9,12,19,21H,6,8,10-11H2,1-3H3. The van der Waals surface area contributed by atoms with Crippen molar-refractivity contribution < 1.29 is 14.1 Å². The molecule has 3 rings (SSSR count). The number of carbonyl (C=O) groups is 1. The molecule has 25 heavy (non-hydrogen) atoms. The first-order valence-electron chi connectivity index (χ1n) is 8.62. The van der Waals surface area contributed by atoms with Crippen molar-refractivity contribution in [3.05, 3.63) is 58.0 Å². The van der Waals surface area contributed by atoms with Crippen LogP contribution in [0, 0.1) is 13.8 Å². The van der Waals surface area contributed by atoms with E-state index in [9.17, 15) is 4.79 Å². The number of nitrogens with zero attached hydrogens (tertiary/aromatic N) is 1. The van der Waals surface area contributed by atoms with Gasteiger partial charge in [-0.25, -0.2) is 4.79 Å². The summed E-state index contributed by atoms with van der Waals surface area (Å²) in [4.78, 5) is 11.2. The maximum atomic E-state index is 11.2. The lowest BCUT2D eigenvalue weighted by molar-refractivity contribution is -0.134. The zero-order valence-corrected chi connectivity index (χ0v) is 15.0. The van der Waals surface area contributed by atoms with Crippen LogP contribution in [0.2, 0.25) is 0 Å². The highest BCUT2D eigenvalue weighted by Crippen LogP contribution is 2.32. The Morgan fingerprint density at radius 2 is 2.28 bits per heavy atom. The number of aromatic nitrogens is 1. The third-order valence-electron chi connectivity index (χ3n) is 4.80. The van der Waals surface area contributed by atoms with E-state index >= 15 is 0 Å². The second-order valence-electron chi connectivity index (χ2n) is 6.41. The van der Waals surface area contributed by atoms with Gasteiger partial charge in [0.15, 0.2) is 0 Å². The fourth-order valence-electron chi connectivity index (χ4n) is 3.42. The summed E-state index contributed by atoms with van der Waals surface area (Å²) < 4.78 is 9.84. The van der Waals surface area contributed by atoms with Gasteiger partial charge in [-0.15, -0.1) is 0 Å². The quantitative estimate of drug-likeness (QED) is 0.646. The predicted molar refractivity (Wildman–Crippen MR) is 96.2 cm³/mol. The Labute approximate surface area is 148 Å². The Balaban J connectivity index is 1.60. The number of hydrogen-bond acceptors (Lipinski definition) is 5. The fourth-order valence-corrected chi connectivity index (χ4v) is 3.42. The largest absolute Gasteiger partial charge is 0.466 e. The molecule has 2 aromatic rings. The summed E-state index contributed by atoms with van der Waals surface area (Å²) in [7, 11) is 1.38. The second-order valence-corrected chi connectivity index (χ2v) is 6.41. The van der Waals surface area contributed by atoms with Gasteiger partial charge in [0.1, 0.15) is 5.76 Å². The van der Waals surface area contributed by atoms with Crippen molar-refractivity contribution in [2.45, 2.75) is 39.2 Å². The van der Waals surface area contributed by atoms with Crippen LogP contribution < -0.4 is 5.32 Å². The van der Waals surface area contributed by atoms with Gasteiger partial charge in [0, 0.05) is 17.7 Å². The summed E-state index contributed by atoms with van der Waals surface area (Å²) in [5, 5.41) is 7.65. The molecule has 0 bridgehead atoms. The molecule has 5 nitrogen and oxygen atoms in total. The summed E-state index contributed by atoms with van der Waals surface area (Å²) in [6.45, 7) is 4.85. The minimum Gasteiger partial charge on any atom is -0.466 e. The molecule has 0 amide bonds. The van der Waals surface area contributed by atoms with Gasteiger partial charge >= 0.3 is 5.97 Å². The van der Waals surface area contributed by atoms with Crippen molar-refractivity contribution in [3.63, 3.8) is 0 Å². The zero-order valence-electron chi connectivity index (χ0n) is 15.0. The zero-order chi connectivity index (χ0) is 17.8. The summed E-state index contributed by atoms with van der Waals surface area (Å²) in [5.74, 6) is 0.576. The second kappa shape index (κ2) is 7.66. The number of aryl methyl sites for hydroxylation is 3. The molecule has 1 aromatic heterocycles. The van der Waals surface area contributed by atoms with Crippen molar-refractivity contribution >= 4 is 12.0 Å². The lowest BCUT2D eigenvalue weighted by Crippen LogP contribution is -2.22. The van der Waals surface area contributed by atoms with Crippen LogP contribution in [0.5, 0.6) is 0 Å². The maximum absolute atomic E-state index is 11.2. The molecule has 0 fully saturated rings. The summed E-state index contributed by atoms with van der Waals surface area (Å²) in [6, 6.07) is 6.75. The molecule has 5 heteroatoms. The van der Waals surface area contributed by atoms with Crippen molar-refractivity contribution in [2.75, 3.05) is 13.7 Å². The lowest BCUT2D eigenvalue weighted by Gasteiger charge is -2.14. The van der Waals surface area contributed by atoms with E-state index in [1.807, 2.05) is 19.9 Å². The Bertz CT molecular complexity index is 773. The molecule has 0 radical (unpaired) electrons. The third kappa shape index (κ3) is 3.99. The van der Waals surface area contributed by atoms with Gasteiger partial charge in [0.05, 0.1) is 12.8 Å². The molecule has 1 aliphatic rings. The van der Waals surface area contributed by atoms with E-state index in [0.29, 0.717) is 6.04 Å². The molecule has 0 saturated carbocycles. The van der Waals surface area contributed by atoms with Crippen LogP contribution in [0.4, 0.5) is 0 Å². The van der Waals surface area contributed by atoms with E-state index in [0.717, 1.165) is 42.8 Å². The van der Waals surface area contributed by atoms with E-state index in [4.69, 9.17) is 4.52 Å². The van der Waals surface area contributed by atoms with Gasteiger partial charge in [-0.05, 0) is 62.4 Å². The van der Waals surface area contributed by atoms with Crippen molar-refractivity contribution in [2.24, 2.45) is 0 Å². The normalized spacial score (nSPS) is 16.4. The van der Waals surface area contributed by atoms with E-state index in [1.165, 1.54) is 29.9 Å². The van der Waals surface area contributed by atoms with Crippen LogP contribution in [0.15, 0.2) is 28.8 Å². The van der Waals surface area contributed by atoms with Crippen LogP contribution in [0.25, 0.3) is 6.08 Å². The Morgan fingerprint density at radius 1 is 1.44 bits per heavy atom. The first kappa shape index (κ1) is 17.4. The number of ether oxygens (including phenoxy) is 1. The smallest absolute Gasteiger partial charge is 0.330 e. The van der Waals surface area contributed by atoms with E-state index in [-0.39, 0.29) is 5.97 Å². The lowest BCUT2D eigenvalue weighted by atomic mass is 10.0. The number of rotatable bonds is 6. The van der Waals surface area contributed by atoms with Crippen LogP contribution in [-0.4, -0.2) is 24.8 Å². The van der Waals surface area contributed by atoms with E-state index in [1.54, 1.807) is 6.08 Å². The number of methoxy groups -OCH3 is 1. The number of hydrogen-bond donors (Lipinski definition) is 1. The average Bonchev–Trinajstić information content (AvgIpc) is 3.17. The molecule has 1 unspecified atom stereocenters. The highest BCUT2D eigenvalue weighted by molar-refractivity contribution is 5.86. The van der Waals surface area contributed by atoms with Gasteiger partial charge < -0.3 is 14.6 Å². The maximum Gasteiger partial charge on any atom is 0.330 e. The van der Waals surface area contributed by atoms with Gasteiger partial charge in [0.2, 0.25) is 0 Å². The van der Waals surface area contributed by atoms with Crippen LogP contribution >= 0.6 is 0 Å². The first-order chi connectivity index (χ1) is 12.1. The molecular weight excluding hydrogens is 316 g/mol. The molecule has 1 heterocycles. The first-order valence-corrected chi connectivity index (χ1v) is 8.62. The molecular formula is C20H24N2O3. The van der Waals surface area contributed by atoms with Gasteiger partial charge in [-0.3, -0.25) is 0 Å². The van der Waals surface area contributed by atoms with Crippen LogP contribution in [-0.2, 0) is 22.4 Å². The Hall–Kier alpha value is -2.40. The van der Waals surface area contributed by atoms with Crippen molar-refractivity contribution in [1.82, 2.24) is 10.5 Å².